The molecule has 0 N–H and O–H groups in total. The summed E-state index contributed by atoms with van der Waals surface area (Å²) in [5.74, 6) is 0. The Kier molecular flexibility index (Phi) is 9.61. The van der Waals surface area contributed by atoms with Gasteiger partial charge in [-0.15, -0.1) is 0 Å². The van der Waals surface area contributed by atoms with Gasteiger partial charge in [0.1, 0.15) is 0 Å². The molecule has 0 aliphatic carbocycles. The van der Waals surface area contributed by atoms with Crippen LogP contribution in [-0.2, 0) is 4.74 Å². The molecule has 0 radical (unpaired) electrons. The van der Waals surface area contributed by atoms with Gasteiger partial charge < -0.3 is 0 Å². The van der Waals surface area contributed by atoms with Crippen LogP contribution in [0, 0.1) is 0 Å². The summed E-state index contributed by atoms with van der Waals surface area (Å²) in [7, 11) is 0. The molecule has 4 heteroatoms. The van der Waals surface area contributed by atoms with E-state index in [1.807, 2.05) is 31.5 Å². The standard InChI is InChI=1S/C9H12NO2.3C4H9.Sn/c1-9(2,3)12-8(11)10-6-4-5-7-10;3*1-3-4-2;/h4-6H,1-3H3;3*1,3-4H2,2H3;. The van der Waals surface area contributed by atoms with Crippen LogP contribution in [0.15, 0.2) is 18.3 Å². The van der Waals surface area contributed by atoms with Gasteiger partial charge in [0, 0.05) is 0 Å². The molecule has 0 aromatic carbocycles. The zero-order chi connectivity index (χ0) is 18.9. The fraction of sp³-hybridized carbons (Fsp3) is 0.762. The average Bonchev–Trinajstić information content (AvgIpc) is 3.03. The monoisotopic (exact) mass is 457 g/mol. The summed E-state index contributed by atoms with van der Waals surface area (Å²) in [4.78, 5) is 12.8. The normalized spacial score (nSPS) is 12.4. The van der Waals surface area contributed by atoms with Crippen LogP contribution in [0.2, 0.25) is 13.3 Å². The van der Waals surface area contributed by atoms with Gasteiger partial charge in [0.05, 0.1) is 0 Å². The van der Waals surface area contributed by atoms with Crippen molar-refractivity contribution in [3.63, 3.8) is 0 Å². The Balaban J connectivity index is 3.23. The molecule has 3 nitrogen and oxygen atoms in total. The first kappa shape index (κ1) is 22.6. The van der Waals surface area contributed by atoms with Gasteiger partial charge in [0.25, 0.3) is 0 Å². The Labute approximate surface area is 159 Å². The number of rotatable bonds is 10. The van der Waals surface area contributed by atoms with E-state index in [1.54, 1.807) is 0 Å². The second-order valence-electron chi connectivity index (χ2n) is 8.33. The number of ether oxygens (including phenoxy) is 1. The molecule has 1 heterocycles. The van der Waals surface area contributed by atoms with Crippen LogP contribution in [-0.4, -0.2) is 34.6 Å². The summed E-state index contributed by atoms with van der Waals surface area (Å²) < 4.78 is 13.0. The van der Waals surface area contributed by atoms with E-state index < -0.39 is 24.0 Å². The van der Waals surface area contributed by atoms with Gasteiger partial charge in [-0.1, -0.05) is 0 Å². The van der Waals surface area contributed by atoms with Crippen LogP contribution >= 0.6 is 0 Å². The molecule has 144 valence electrons. The molecule has 25 heavy (non-hydrogen) atoms. The average molecular weight is 456 g/mol. The molecule has 0 spiro atoms. The summed E-state index contributed by atoms with van der Waals surface area (Å²) in [6, 6.07) is 4.29. The van der Waals surface area contributed by atoms with E-state index in [9.17, 15) is 4.79 Å². The van der Waals surface area contributed by atoms with Crippen molar-refractivity contribution in [3.05, 3.63) is 18.3 Å². The maximum atomic E-state index is 12.8. The van der Waals surface area contributed by atoms with E-state index in [-0.39, 0.29) is 6.09 Å². The van der Waals surface area contributed by atoms with E-state index in [0.29, 0.717) is 0 Å². The summed E-state index contributed by atoms with van der Waals surface area (Å²) in [6.45, 7) is 12.7. The van der Waals surface area contributed by atoms with Gasteiger partial charge in [-0.05, 0) is 0 Å². The molecule has 0 atom stereocenters. The van der Waals surface area contributed by atoms with Crippen molar-refractivity contribution in [1.82, 2.24) is 4.57 Å². The van der Waals surface area contributed by atoms with E-state index in [2.05, 4.69) is 32.9 Å². The number of unbranched alkanes of at least 4 members (excludes halogenated alkanes) is 3. The van der Waals surface area contributed by atoms with Crippen molar-refractivity contribution in [3.8, 4) is 0 Å². The number of carbonyl (C=O) groups excluding carboxylic acids is 1. The Morgan fingerprint density at radius 2 is 1.48 bits per heavy atom. The topological polar surface area (TPSA) is 31.2 Å². The molecule has 1 aromatic heterocycles. The molecular weight excluding hydrogens is 417 g/mol. The molecule has 1 aromatic rings. The van der Waals surface area contributed by atoms with Gasteiger partial charge >= 0.3 is 160 Å². The van der Waals surface area contributed by atoms with Gasteiger partial charge in [-0.25, -0.2) is 0 Å². The maximum absolute atomic E-state index is 12.8. The third-order valence-electron chi connectivity index (χ3n) is 4.91. The van der Waals surface area contributed by atoms with Crippen molar-refractivity contribution >= 4 is 28.2 Å². The second kappa shape index (κ2) is 10.6. The summed E-state index contributed by atoms with van der Waals surface area (Å²) in [6.07, 6.45) is 9.34. The predicted molar refractivity (Wildman–Crippen MR) is 111 cm³/mol. The number of aromatic nitrogens is 1. The fourth-order valence-electron chi connectivity index (χ4n) is 3.59. The van der Waals surface area contributed by atoms with Crippen LogP contribution in [0.1, 0.15) is 80.1 Å². The first-order valence-electron chi connectivity index (χ1n) is 10.2. The number of hydrogen-bond acceptors (Lipinski definition) is 2. The second-order valence-corrected chi connectivity index (χ2v) is 21.4. The summed E-state index contributed by atoms with van der Waals surface area (Å²) in [5.41, 5.74) is -0.451. The Morgan fingerprint density at radius 1 is 1.00 bits per heavy atom. The van der Waals surface area contributed by atoms with Crippen LogP contribution in [0.4, 0.5) is 4.79 Å². The van der Waals surface area contributed by atoms with Crippen molar-refractivity contribution in [2.75, 3.05) is 0 Å². The molecule has 0 saturated heterocycles. The fourth-order valence-corrected chi connectivity index (χ4v) is 20.0. The third kappa shape index (κ3) is 6.99. The van der Waals surface area contributed by atoms with Crippen molar-refractivity contribution in [2.24, 2.45) is 0 Å². The van der Waals surface area contributed by atoms with Crippen LogP contribution in [0.5, 0.6) is 0 Å². The molecular formula is C21H39NO2Sn. The quantitative estimate of drug-likeness (QED) is 0.386. The van der Waals surface area contributed by atoms with E-state index in [0.717, 1.165) is 0 Å². The summed E-state index contributed by atoms with van der Waals surface area (Å²) in [5, 5.41) is 0. The minimum absolute atomic E-state index is 0.196. The van der Waals surface area contributed by atoms with Crippen molar-refractivity contribution < 1.29 is 9.53 Å². The number of carbonyl (C=O) groups is 1. The molecule has 0 bridgehead atoms. The van der Waals surface area contributed by atoms with Gasteiger partial charge in [-0.2, -0.15) is 0 Å². The zero-order valence-corrected chi connectivity index (χ0v) is 20.2. The Bertz CT molecular complexity index is 494. The van der Waals surface area contributed by atoms with Gasteiger partial charge in [-0.3, -0.25) is 0 Å². The van der Waals surface area contributed by atoms with Crippen molar-refractivity contribution in [2.45, 2.75) is 99.0 Å². The van der Waals surface area contributed by atoms with Gasteiger partial charge in [0.2, 0.25) is 0 Å². The van der Waals surface area contributed by atoms with E-state index >= 15 is 0 Å². The number of hydrogen-bond donors (Lipinski definition) is 0. The summed E-state index contributed by atoms with van der Waals surface area (Å²) >= 11 is -2.62. The molecule has 0 amide bonds. The van der Waals surface area contributed by atoms with Crippen LogP contribution < -0.4 is 3.71 Å². The van der Waals surface area contributed by atoms with Gasteiger partial charge in [0.15, 0.2) is 0 Å². The minimum atomic E-state index is -2.62. The molecule has 0 aliphatic rings. The zero-order valence-electron chi connectivity index (χ0n) is 17.4. The van der Waals surface area contributed by atoms with Crippen LogP contribution in [0.25, 0.3) is 0 Å². The molecule has 1 rings (SSSR count). The Hall–Kier alpha value is -0.451. The molecule has 0 unspecified atom stereocenters. The van der Waals surface area contributed by atoms with Crippen molar-refractivity contribution in [1.29, 1.82) is 0 Å². The third-order valence-corrected chi connectivity index (χ3v) is 20.4. The van der Waals surface area contributed by atoms with E-state index in [1.165, 1.54) is 55.5 Å². The number of nitrogens with zero attached hydrogens (tertiary/aromatic N) is 1. The predicted octanol–water partition coefficient (Wildman–Crippen LogP) is 6.33. The van der Waals surface area contributed by atoms with Crippen LogP contribution in [0.3, 0.4) is 0 Å². The molecule has 0 aliphatic heterocycles. The SMILES string of the molecule is CCC[CH2][Sn]([CH2]CCC)([CH2]CCC)[c]1cccn1C(=O)OC(C)(C)C. The first-order chi connectivity index (χ1) is 11.8. The molecule has 0 fully saturated rings. The van der Waals surface area contributed by atoms with E-state index in [4.69, 9.17) is 4.74 Å². The first-order valence-corrected chi connectivity index (χ1v) is 17.7. The Morgan fingerprint density at radius 3 is 1.88 bits per heavy atom. The molecule has 0 saturated carbocycles.